The van der Waals surface area contributed by atoms with Crippen LogP contribution in [0.3, 0.4) is 0 Å². The van der Waals surface area contributed by atoms with Crippen LogP contribution in [0.1, 0.15) is 6.42 Å². The SMILES string of the molecule is O=C(Nc1cccnc1)C1(F)CCN(c2nc3cnccc3s2)C1. The van der Waals surface area contributed by atoms with Crippen LogP contribution in [0.25, 0.3) is 10.2 Å². The van der Waals surface area contributed by atoms with Crippen LogP contribution in [0, 0.1) is 0 Å². The molecule has 0 saturated carbocycles. The van der Waals surface area contributed by atoms with Crippen LogP contribution in [-0.2, 0) is 4.79 Å². The molecule has 6 nitrogen and oxygen atoms in total. The van der Waals surface area contributed by atoms with Gasteiger partial charge in [0, 0.05) is 25.4 Å². The van der Waals surface area contributed by atoms with Crippen molar-refractivity contribution in [1.29, 1.82) is 0 Å². The van der Waals surface area contributed by atoms with E-state index in [1.807, 2.05) is 11.0 Å². The molecular weight excluding hydrogens is 329 g/mol. The van der Waals surface area contributed by atoms with Crippen LogP contribution in [0.5, 0.6) is 0 Å². The van der Waals surface area contributed by atoms with Gasteiger partial charge in [-0.05, 0) is 18.2 Å². The molecule has 1 unspecified atom stereocenters. The van der Waals surface area contributed by atoms with Crippen LogP contribution < -0.4 is 10.2 Å². The minimum Gasteiger partial charge on any atom is -0.344 e. The van der Waals surface area contributed by atoms with E-state index in [2.05, 4.69) is 20.3 Å². The summed E-state index contributed by atoms with van der Waals surface area (Å²) in [4.78, 5) is 26.6. The molecule has 1 atom stereocenters. The van der Waals surface area contributed by atoms with Gasteiger partial charge < -0.3 is 10.2 Å². The molecular formula is C16H14FN5OS. The van der Waals surface area contributed by atoms with E-state index in [4.69, 9.17) is 0 Å². The molecule has 4 rings (SSSR count). The second-order valence-corrected chi connectivity index (χ2v) is 6.68. The third kappa shape index (κ3) is 2.69. The van der Waals surface area contributed by atoms with Crippen molar-refractivity contribution in [2.75, 3.05) is 23.3 Å². The highest BCUT2D eigenvalue weighted by Crippen LogP contribution is 2.35. The zero-order valence-electron chi connectivity index (χ0n) is 12.6. The summed E-state index contributed by atoms with van der Waals surface area (Å²) in [7, 11) is 0. The van der Waals surface area contributed by atoms with Crippen molar-refractivity contribution < 1.29 is 9.18 Å². The number of hydrogen-bond acceptors (Lipinski definition) is 6. The lowest BCUT2D eigenvalue weighted by molar-refractivity contribution is -0.126. The molecule has 0 spiro atoms. The minimum atomic E-state index is -1.94. The van der Waals surface area contributed by atoms with Gasteiger partial charge in [-0.25, -0.2) is 9.37 Å². The highest BCUT2D eigenvalue weighted by Gasteiger charge is 2.46. The van der Waals surface area contributed by atoms with Gasteiger partial charge in [0.2, 0.25) is 5.67 Å². The first-order valence-corrected chi connectivity index (χ1v) is 8.32. The lowest BCUT2D eigenvalue weighted by Gasteiger charge is -2.19. The molecule has 0 aliphatic carbocycles. The van der Waals surface area contributed by atoms with Crippen LogP contribution in [-0.4, -0.2) is 39.6 Å². The number of amides is 1. The Morgan fingerprint density at radius 1 is 1.29 bits per heavy atom. The Morgan fingerprint density at radius 2 is 2.17 bits per heavy atom. The third-order valence-electron chi connectivity index (χ3n) is 3.99. The Labute approximate surface area is 141 Å². The number of carbonyl (C=O) groups is 1. The molecule has 1 amide bonds. The van der Waals surface area contributed by atoms with E-state index in [0.717, 1.165) is 10.2 Å². The number of nitrogens with one attached hydrogen (secondary N) is 1. The molecule has 8 heteroatoms. The number of fused-ring (bicyclic) bond motifs is 1. The second kappa shape index (κ2) is 5.79. The summed E-state index contributed by atoms with van der Waals surface area (Å²) in [6.45, 7) is 0.441. The van der Waals surface area contributed by atoms with Crippen LogP contribution in [0.15, 0.2) is 43.0 Å². The van der Waals surface area contributed by atoms with Gasteiger partial charge in [-0.2, -0.15) is 0 Å². The van der Waals surface area contributed by atoms with Crippen LogP contribution >= 0.6 is 11.3 Å². The number of pyridine rings is 2. The molecule has 1 aliphatic rings. The zero-order valence-corrected chi connectivity index (χ0v) is 13.5. The number of rotatable bonds is 3. The van der Waals surface area contributed by atoms with Crippen LogP contribution in [0.4, 0.5) is 15.2 Å². The Hall–Kier alpha value is -2.61. The monoisotopic (exact) mass is 343 g/mol. The van der Waals surface area contributed by atoms with Gasteiger partial charge in [0.05, 0.1) is 29.3 Å². The van der Waals surface area contributed by atoms with Gasteiger partial charge in [0.1, 0.15) is 5.52 Å². The number of hydrogen-bond donors (Lipinski definition) is 1. The number of aromatic nitrogens is 3. The van der Waals surface area contributed by atoms with Crippen molar-refractivity contribution >= 4 is 38.3 Å². The fourth-order valence-electron chi connectivity index (χ4n) is 2.70. The van der Waals surface area contributed by atoms with Crippen molar-refractivity contribution in [1.82, 2.24) is 15.0 Å². The maximum Gasteiger partial charge on any atom is 0.264 e. The normalized spacial score (nSPS) is 20.5. The minimum absolute atomic E-state index is 0.00759. The average Bonchev–Trinajstić information content (AvgIpc) is 3.20. The van der Waals surface area contributed by atoms with E-state index in [-0.39, 0.29) is 13.0 Å². The van der Waals surface area contributed by atoms with Crippen molar-refractivity contribution in [2.45, 2.75) is 12.1 Å². The molecule has 1 fully saturated rings. The first-order chi connectivity index (χ1) is 11.6. The van der Waals surface area contributed by atoms with E-state index in [0.29, 0.717) is 17.4 Å². The van der Waals surface area contributed by atoms with Crippen molar-refractivity contribution in [3.63, 3.8) is 0 Å². The average molecular weight is 343 g/mol. The van der Waals surface area contributed by atoms with Gasteiger partial charge in [-0.15, -0.1) is 0 Å². The van der Waals surface area contributed by atoms with Crippen LogP contribution in [0.2, 0.25) is 0 Å². The Kier molecular flexibility index (Phi) is 3.61. The largest absolute Gasteiger partial charge is 0.344 e. The maximum atomic E-state index is 15.1. The van der Waals surface area contributed by atoms with Crippen molar-refractivity contribution in [2.24, 2.45) is 0 Å². The summed E-state index contributed by atoms with van der Waals surface area (Å²) < 4.78 is 16.1. The second-order valence-electron chi connectivity index (χ2n) is 5.67. The molecule has 1 N–H and O–H groups in total. The molecule has 4 heterocycles. The summed E-state index contributed by atoms with van der Waals surface area (Å²) >= 11 is 1.48. The summed E-state index contributed by atoms with van der Waals surface area (Å²) in [6.07, 6.45) is 6.61. The molecule has 3 aromatic rings. The number of carbonyl (C=O) groups excluding carboxylic acids is 1. The fraction of sp³-hybridized carbons (Fsp3) is 0.250. The molecule has 24 heavy (non-hydrogen) atoms. The van der Waals surface area contributed by atoms with Gasteiger partial charge in [0.15, 0.2) is 5.13 Å². The van der Waals surface area contributed by atoms with Crippen molar-refractivity contribution in [3.8, 4) is 0 Å². The van der Waals surface area contributed by atoms with Crippen molar-refractivity contribution in [3.05, 3.63) is 43.0 Å². The summed E-state index contributed by atoms with van der Waals surface area (Å²) in [5.74, 6) is -0.638. The highest BCUT2D eigenvalue weighted by atomic mass is 32.1. The Balaban J connectivity index is 1.51. The maximum absolute atomic E-state index is 15.1. The quantitative estimate of drug-likeness (QED) is 0.792. The number of nitrogens with zero attached hydrogens (tertiary/aromatic N) is 4. The molecule has 0 bridgehead atoms. The van der Waals surface area contributed by atoms with Gasteiger partial charge >= 0.3 is 0 Å². The standard InChI is InChI=1S/C16H14FN5OS/c17-16(14(23)20-11-2-1-5-18-8-11)4-7-22(10-16)15-21-12-9-19-6-3-13(12)24-15/h1-3,5-6,8-9H,4,7,10H2,(H,20,23). The molecule has 0 aromatic carbocycles. The predicted molar refractivity (Wildman–Crippen MR) is 91.0 cm³/mol. The summed E-state index contributed by atoms with van der Waals surface area (Å²) in [5, 5.41) is 3.31. The van der Waals surface area contributed by atoms with Gasteiger partial charge in [0.25, 0.3) is 5.91 Å². The molecule has 1 saturated heterocycles. The lowest BCUT2D eigenvalue weighted by atomic mass is 10.0. The summed E-state index contributed by atoms with van der Waals surface area (Å²) in [5.41, 5.74) is -0.663. The summed E-state index contributed by atoms with van der Waals surface area (Å²) in [6, 6.07) is 5.25. The predicted octanol–water partition coefficient (Wildman–Crippen LogP) is 2.64. The van der Waals surface area contributed by atoms with E-state index in [1.54, 1.807) is 30.7 Å². The number of halogens is 1. The van der Waals surface area contributed by atoms with Gasteiger partial charge in [-0.1, -0.05) is 11.3 Å². The fourth-order valence-corrected chi connectivity index (χ4v) is 3.66. The third-order valence-corrected chi connectivity index (χ3v) is 5.09. The van der Waals surface area contributed by atoms with E-state index in [9.17, 15) is 4.79 Å². The molecule has 1 aliphatic heterocycles. The molecule has 122 valence electrons. The Bertz CT molecular complexity index is 853. The molecule has 0 radical (unpaired) electrons. The number of anilines is 2. The smallest absolute Gasteiger partial charge is 0.264 e. The van der Waals surface area contributed by atoms with Gasteiger partial charge in [-0.3, -0.25) is 14.8 Å². The zero-order chi connectivity index (χ0) is 16.6. The first kappa shape index (κ1) is 14.9. The lowest BCUT2D eigenvalue weighted by Crippen LogP contribution is -2.41. The highest BCUT2D eigenvalue weighted by molar-refractivity contribution is 7.22. The number of thiazole rings is 1. The molecule has 3 aromatic heterocycles. The van der Waals surface area contributed by atoms with E-state index < -0.39 is 11.6 Å². The Morgan fingerprint density at radius 3 is 2.96 bits per heavy atom. The number of alkyl halides is 1. The van der Waals surface area contributed by atoms with E-state index >= 15 is 4.39 Å². The first-order valence-electron chi connectivity index (χ1n) is 7.50. The topological polar surface area (TPSA) is 71.0 Å². The van der Waals surface area contributed by atoms with E-state index in [1.165, 1.54) is 17.5 Å².